The normalized spacial score (nSPS) is 15.2. The maximum Gasteiger partial charge on any atom is 0.252 e. The van der Waals surface area contributed by atoms with E-state index < -0.39 is 21.5 Å². The van der Waals surface area contributed by atoms with E-state index in [1.807, 2.05) is 30.3 Å². The Morgan fingerprint density at radius 3 is 2.53 bits per heavy atom. The monoisotopic (exact) mass is 427 g/mol. The lowest BCUT2D eigenvalue weighted by molar-refractivity contribution is 0.0730. The number of sulfonamides is 1. The Kier molecular flexibility index (Phi) is 5.67. The molecular weight excluding hydrogens is 406 g/mol. The summed E-state index contributed by atoms with van der Waals surface area (Å²) in [7, 11) is -3.73. The number of carbonyl (C=O) groups excluding carboxylic acids is 1. The van der Waals surface area contributed by atoms with Gasteiger partial charge in [-0.2, -0.15) is 4.31 Å². The van der Waals surface area contributed by atoms with Gasteiger partial charge in [0.15, 0.2) is 0 Å². The molecule has 4 rings (SSSR count). The van der Waals surface area contributed by atoms with Crippen molar-refractivity contribution in [3.63, 3.8) is 0 Å². The molecule has 0 spiro atoms. The molecule has 0 saturated carbocycles. The zero-order valence-electron chi connectivity index (χ0n) is 16.1. The third kappa shape index (κ3) is 4.13. The molecule has 1 saturated heterocycles. The number of nitrogens with one attached hydrogen (secondary N) is 2. The van der Waals surface area contributed by atoms with Crippen molar-refractivity contribution in [2.45, 2.75) is 11.4 Å². The highest BCUT2D eigenvalue weighted by molar-refractivity contribution is 7.89. The summed E-state index contributed by atoms with van der Waals surface area (Å²) in [4.78, 5) is 27.6. The molecule has 30 heavy (non-hydrogen) atoms. The molecule has 2 aromatic carbocycles. The molecule has 8 nitrogen and oxygen atoms in total. The molecule has 1 fully saturated rings. The molecule has 0 radical (unpaired) electrons. The summed E-state index contributed by atoms with van der Waals surface area (Å²) in [5.74, 6) is -0.448. The van der Waals surface area contributed by atoms with Crippen LogP contribution in [0.4, 0.5) is 0 Å². The van der Waals surface area contributed by atoms with E-state index in [4.69, 9.17) is 4.74 Å². The number of nitrogens with zero attached hydrogens (tertiary/aromatic N) is 1. The number of hydrogen-bond acceptors (Lipinski definition) is 5. The Morgan fingerprint density at radius 2 is 1.80 bits per heavy atom. The second-order valence-electron chi connectivity index (χ2n) is 6.94. The predicted molar refractivity (Wildman–Crippen MR) is 112 cm³/mol. The van der Waals surface area contributed by atoms with Crippen LogP contribution in [-0.4, -0.2) is 49.9 Å². The van der Waals surface area contributed by atoms with E-state index >= 15 is 0 Å². The number of rotatable bonds is 5. The van der Waals surface area contributed by atoms with Crippen LogP contribution in [0.3, 0.4) is 0 Å². The van der Waals surface area contributed by atoms with Crippen molar-refractivity contribution < 1.29 is 17.9 Å². The minimum absolute atomic E-state index is 0.0704. The van der Waals surface area contributed by atoms with Crippen LogP contribution < -0.4 is 10.9 Å². The number of pyridine rings is 1. The molecule has 1 aliphatic rings. The third-order valence-corrected chi connectivity index (χ3v) is 6.86. The second kappa shape index (κ2) is 8.39. The molecule has 9 heteroatoms. The van der Waals surface area contributed by atoms with Gasteiger partial charge in [0, 0.05) is 36.6 Å². The average Bonchev–Trinajstić information content (AvgIpc) is 2.77. The minimum atomic E-state index is -3.73. The lowest BCUT2D eigenvalue weighted by Gasteiger charge is -2.26. The van der Waals surface area contributed by atoms with Gasteiger partial charge in [-0.3, -0.25) is 9.59 Å². The summed E-state index contributed by atoms with van der Waals surface area (Å²) in [6.07, 6.45) is 0. The number of morpholine rings is 1. The summed E-state index contributed by atoms with van der Waals surface area (Å²) in [6, 6.07) is 15.0. The maximum absolute atomic E-state index is 13.0. The molecule has 1 aliphatic heterocycles. The van der Waals surface area contributed by atoms with Gasteiger partial charge in [-0.15, -0.1) is 0 Å². The smallest absolute Gasteiger partial charge is 0.252 e. The number of aromatic amines is 1. The quantitative estimate of drug-likeness (QED) is 0.641. The topological polar surface area (TPSA) is 109 Å². The van der Waals surface area contributed by atoms with E-state index in [1.165, 1.54) is 28.6 Å². The first-order valence-electron chi connectivity index (χ1n) is 9.52. The van der Waals surface area contributed by atoms with Gasteiger partial charge in [-0.25, -0.2) is 8.42 Å². The third-order valence-electron chi connectivity index (χ3n) is 4.96. The highest BCUT2D eigenvalue weighted by Gasteiger charge is 2.27. The summed E-state index contributed by atoms with van der Waals surface area (Å²) in [6.45, 7) is 1.52. The number of amides is 1. The molecule has 0 bridgehead atoms. The van der Waals surface area contributed by atoms with Crippen molar-refractivity contribution in [2.75, 3.05) is 26.3 Å². The summed E-state index contributed by atoms with van der Waals surface area (Å²) in [5.41, 5.74) is 1.00. The molecular formula is C21H21N3O5S. The van der Waals surface area contributed by atoms with E-state index in [1.54, 1.807) is 0 Å². The average molecular weight is 427 g/mol. The Bertz CT molecular complexity index is 1230. The van der Waals surface area contributed by atoms with Crippen molar-refractivity contribution in [1.29, 1.82) is 0 Å². The molecule has 1 aromatic heterocycles. The second-order valence-corrected chi connectivity index (χ2v) is 8.88. The van der Waals surface area contributed by atoms with Crippen LogP contribution in [0, 0.1) is 0 Å². The van der Waals surface area contributed by atoms with E-state index in [0.29, 0.717) is 30.7 Å². The van der Waals surface area contributed by atoms with Crippen LogP contribution in [0.1, 0.15) is 15.9 Å². The maximum atomic E-state index is 13.0. The van der Waals surface area contributed by atoms with Gasteiger partial charge in [0.2, 0.25) is 15.6 Å². The molecule has 0 unspecified atom stereocenters. The van der Waals surface area contributed by atoms with E-state index in [-0.39, 0.29) is 23.5 Å². The van der Waals surface area contributed by atoms with Gasteiger partial charge < -0.3 is 15.0 Å². The molecule has 2 N–H and O–H groups in total. The van der Waals surface area contributed by atoms with Crippen LogP contribution in [0.15, 0.2) is 64.3 Å². The first-order chi connectivity index (χ1) is 14.4. The van der Waals surface area contributed by atoms with E-state index in [9.17, 15) is 18.0 Å². The van der Waals surface area contributed by atoms with E-state index in [2.05, 4.69) is 10.3 Å². The lowest BCUT2D eigenvalue weighted by atomic mass is 10.1. The molecule has 1 amide bonds. The molecule has 156 valence electrons. The largest absolute Gasteiger partial charge is 0.379 e. The number of fused-ring (bicyclic) bond motifs is 1. The van der Waals surface area contributed by atoms with Crippen molar-refractivity contribution >= 4 is 26.8 Å². The zero-order chi connectivity index (χ0) is 21.1. The number of H-pyrrole nitrogens is 1. The molecule has 3 aromatic rings. The highest BCUT2D eigenvalue weighted by atomic mass is 32.2. The summed E-state index contributed by atoms with van der Waals surface area (Å²) in [5, 5.41) is 3.16. The van der Waals surface area contributed by atoms with Gasteiger partial charge in [0.1, 0.15) is 0 Å². The lowest BCUT2D eigenvalue weighted by Crippen LogP contribution is -2.40. The Morgan fingerprint density at radius 1 is 1.07 bits per heavy atom. The SMILES string of the molecule is O=C(NCc1ccccc1)c1cc(=O)[nH]c2ccc(S(=O)(=O)N3CCOCC3)cc12. The molecule has 0 atom stereocenters. The number of ether oxygens (including phenoxy) is 1. The predicted octanol–water partition coefficient (Wildman–Crippen LogP) is 1.48. The van der Waals surface area contributed by atoms with Gasteiger partial charge in [0.05, 0.1) is 23.7 Å². The van der Waals surface area contributed by atoms with Crippen molar-refractivity contribution in [2.24, 2.45) is 0 Å². The van der Waals surface area contributed by atoms with Crippen molar-refractivity contribution in [3.8, 4) is 0 Å². The summed E-state index contributed by atoms with van der Waals surface area (Å²) >= 11 is 0. The first kappa shape index (κ1) is 20.3. The Labute approximate surface area is 173 Å². The van der Waals surface area contributed by atoms with Crippen LogP contribution in [0.2, 0.25) is 0 Å². The van der Waals surface area contributed by atoms with Crippen LogP contribution in [0.25, 0.3) is 10.9 Å². The van der Waals surface area contributed by atoms with Crippen LogP contribution >= 0.6 is 0 Å². The highest BCUT2D eigenvalue weighted by Crippen LogP contribution is 2.23. The fourth-order valence-electron chi connectivity index (χ4n) is 3.39. The minimum Gasteiger partial charge on any atom is -0.379 e. The standard InChI is InChI=1S/C21H21N3O5S/c25-20-13-18(21(26)22-14-15-4-2-1-3-5-15)17-12-16(6-7-19(17)23-20)30(27,28)24-8-10-29-11-9-24/h1-7,12-13H,8-11,14H2,(H,22,26)(H,23,25). The fraction of sp³-hybridized carbons (Fsp3) is 0.238. The zero-order valence-corrected chi connectivity index (χ0v) is 16.9. The van der Waals surface area contributed by atoms with Crippen molar-refractivity contribution in [3.05, 3.63) is 76.1 Å². The van der Waals surface area contributed by atoms with Gasteiger partial charge in [0.25, 0.3) is 5.91 Å². The van der Waals surface area contributed by atoms with Crippen LogP contribution in [-0.2, 0) is 21.3 Å². The number of benzene rings is 2. The Hall–Kier alpha value is -3.01. The van der Waals surface area contributed by atoms with Gasteiger partial charge in [-0.1, -0.05) is 30.3 Å². The van der Waals surface area contributed by atoms with E-state index in [0.717, 1.165) is 5.56 Å². The van der Waals surface area contributed by atoms with Gasteiger partial charge >= 0.3 is 0 Å². The van der Waals surface area contributed by atoms with Crippen LogP contribution in [0.5, 0.6) is 0 Å². The molecule has 0 aliphatic carbocycles. The fourth-order valence-corrected chi connectivity index (χ4v) is 4.83. The van der Waals surface area contributed by atoms with Crippen molar-refractivity contribution in [1.82, 2.24) is 14.6 Å². The number of hydrogen-bond donors (Lipinski definition) is 2. The molecule has 2 heterocycles. The first-order valence-corrected chi connectivity index (χ1v) is 11.0. The summed E-state index contributed by atoms with van der Waals surface area (Å²) < 4.78 is 32.6. The number of carbonyl (C=O) groups is 1. The number of aromatic nitrogens is 1. The van der Waals surface area contributed by atoms with Gasteiger partial charge in [-0.05, 0) is 23.8 Å². The Balaban J connectivity index is 1.69.